The molecule has 0 aliphatic rings. The number of hydrogen-bond donors (Lipinski definition) is 10. The Bertz CT molecular complexity index is 2580. The van der Waals surface area contributed by atoms with Crippen LogP contribution in [-0.4, -0.2) is 179 Å². The molecule has 0 fully saturated rings. The molecule has 10 atom stereocenters. The van der Waals surface area contributed by atoms with Crippen LogP contribution in [0.25, 0.3) is 0 Å². The summed E-state index contributed by atoms with van der Waals surface area (Å²) in [4.78, 5) is 143. The Morgan fingerprint density at radius 3 is 0.667 bits per heavy atom. The second kappa shape index (κ2) is 34.8. The van der Waals surface area contributed by atoms with Crippen molar-refractivity contribution in [1.29, 1.82) is 0 Å². The topological polar surface area (TPSA) is 465 Å². The Morgan fingerprint density at radius 2 is 0.467 bits per heavy atom. The van der Waals surface area contributed by atoms with E-state index in [1.807, 2.05) is 6.92 Å². The Labute approximate surface area is 522 Å². The molecule has 10 unspecified atom stereocenters. The van der Waals surface area contributed by atoms with Crippen LogP contribution in [0.3, 0.4) is 0 Å². The van der Waals surface area contributed by atoms with Gasteiger partial charge in [0.15, 0.2) is 67.9 Å². The fraction of sp³-hybridized carbons (Fsp3) is 0.733. The highest BCUT2D eigenvalue weighted by Gasteiger charge is 2.61. The van der Waals surface area contributed by atoms with Crippen molar-refractivity contribution in [3.05, 3.63) is 35.9 Å². The summed E-state index contributed by atoms with van der Waals surface area (Å²) in [6.45, 7) is 2.18. The third-order valence-corrected chi connectivity index (χ3v) is 16.5. The highest BCUT2D eigenvalue weighted by Crippen LogP contribution is 2.57. The smallest absolute Gasteiger partial charge is 0.313 e. The van der Waals surface area contributed by atoms with Crippen LogP contribution < -0.4 is 0 Å². The van der Waals surface area contributed by atoms with Crippen molar-refractivity contribution in [2.75, 3.05) is 67.9 Å². The quantitative estimate of drug-likeness (QED) is 0.0254. The molecule has 1 aromatic carbocycles. The molecular weight excluding hydrogens is 1200 g/mol. The maximum absolute atomic E-state index is 14.8. The lowest BCUT2D eigenvalue weighted by Gasteiger charge is -2.47. The first kappa shape index (κ1) is 81.5. The van der Waals surface area contributed by atoms with E-state index >= 15 is 0 Å². The molecule has 0 aromatic heterocycles. The van der Waals surface area contributed by atoms with Gasteiger partial charge in [0.05, 0.1) is 54.1 Å². The largest absolute Gasteiger partial charge is 0.438 e. The van der Waals surface area contributed by atoms with Crippen LogP contribution in [0.4, 0.5) is 0 Å². The highest BCUT2D eigenvalue weighted by molar-refractivity contribution is 5.87. The highest BCUT2D eigenvalue weighted by atomic mass is 16.7. The summed E-state index contributed by atoms with van der Waals surface area (Å²) in [5.74, 6) is -13.4. The molecular formula is C60H94O30. The minimum atomic E-state index is -2.47. The van der Waals surface area contributed by atoms with E-state index < -0.39 is 245 Å². The molecule has 30 nitrogen and oxygen atoms in total. The van der Waals surface area contributed by atoms with Gasteiger partial charge in [0.2, 0.25) is 0 Å². The molecule has 1 aromatic rings. The molecule has 1 rings (SSSR count). The summed E-state index contributed by atoms with van der Waals surface area (Å²) in [6.07, 6.45) is -7.39. The number of ether oxygens (including phenoxy) is 10. The summed E-state index contributed by atoms with van der Waals surface area (Å²) in [5, 5.41) is 99.5. The van der Waals surface area contributed by atoms with Crippen LogP contribution >= 0.6 is 0 Å². The maximum Gasteiger partial charge on any atom is 0.313 e. The van der Waals surface area contributed by atoms with Gasteiger partial charge in [-0.15, -0.1) is 0 Å². The van der Waals surface area contributed by atoms with Gasteiger partial charge in [0, 0.05) is 0 Å². The predicted molar refractivity (Wildman–Crippen MR) is 304 cm³/mol. The molecule has 0 aliphatic carbocycles. The Hall–Kier alpha value is -6.48. The van der Waals surface area contributed by atoms with E-state index in [9.17, 15) is 99.0 Å². The average molecular weight is 1300 g/mol. The van der Waals surface area contributed by atoms with Gasteiger partial charge in [0.25, 0.3) is 0 Å². The number of hydrogen-bond acceptors (Lipinski definition) is 30. The monoisotopic (exact) mass is 1290 g/mol. The van der Waals surface area contributed by atoms with Crippen molar-refractivity contribution < 1.29 is 146 Å². The normalized spacial score (nSPS) is 18.0. The first-order valence-corrected chi connectivity index (χ1v) is 28.6. The molecule has 0 amide bonds. The van der Waals surface area contributed by atoms with Crippen LogP contribution in [0, 0.1) is 54.1 Å². The minimum absolute atomic E-state index is 0.0701. The van der Waals surface area contributed by atoms with Crippen molar-refractivity contribution in [2.45, 2.75) is 160 Å². The van der Waals surface area contributed by atoms with Crippen molar-refractivity contribution in [3.63, 3.8) is 0 Å². The van der Waals surface area contributed by atoms with Crippen molar-refractivity contribution in [2.24, 2.45) is 54.1 Å². The zero-order chi connectivity index (χ0) is 69.4. The number of carbonyl (C=O) groups excluding carboxylic acids is 10. The molecule has 10 N–H and O–H groups in total. The third kappa shape index (κ3) is 21.6. The summed E-state index contributed by atoms with van der Waals surface area (Å²) >= 11 is 0. The van der Waals surface area contributed by atoms with Crippen LogP contribution in [0.1, 0.15) is 165 Å². The number of carbonyl (C=O) groups is 10. The molecule has 0 aliphatic heterocycles. The molecule has 30 heteroatoms. The third-order valence-electron chi connectivity index (χ3n) is 16.5. The number of aliphatic hydroxyl groups is 10. The zero-order valence-corrected chi connectivity index (χ0v) is 53.5. The van der Waals surface area contributed by atoms with Gasteiger partial charge in [0.1, 0.15) is 0 Å². The molecule has 0 saturated carbocycles. The van der Waals surface area contributed by atoms with Gasteiger partial charge >= 0.3 is 59.7 Å². The first-order valence-electron chi connectivity index (χ1n) is 28.6. The lowest BCUT2D eigenvalue weighted by Crippen LogP contribution is -2.51. The SMILES string of the molecule is CCC(CC(C)(CC(C)(CC(C)(CC(C)(CC(C)(CC(C)(CC(C)(CC(C)(CC(C)(CC(C)(C)C(=O)OCO)C(=O)OCO)C(=O)OCO)C(=O)OCO)C(=O)OCO)C(=O)OCO)C(=O)OCO)C(=O)OCO)C(=O)OCO)C(=O)OCO)c1ccccc1. The second-order valence-corrected chi connectivity index (χ2v) is 25.8. The fourth-order valence-corrected chi connectivity index (χ4v) is 13.9. The zero-order valence-electron chi connectivity index (χ0n) is 53.5. The fourth-order valence-electron chi connectivity index (χ4n) is 13.9. The summed E-state index contributed by atoms with van der Waals surface area (Å²) in [7, 11) is 0. The van der Waals surface area contributed by atoms with E-state index in [-0.39, 0.29) is 6.42 Å². The van der Waals surface area contributed by atoms with Gasteiger partial charge in [-0.05, 0) is 158 Å². The molecule has 514 valence electrons. The van der Waals surface area contributed by atoms with E-state index in [4.69, 9.17) is 47.4 Å². The van der Waals surface area contributed by atoms with E-state index in [2.05, 4.69) is 0 Å². The molecule has 0 bridgehead atoms. The molecule has 0 radical (unpaired) electrons. The van der Waals surface area contributed by atoms with Gasteiger partial charge in [-0.2, -0.15) is 0 Å². The van der Waals surface area contributed by atoms with Gasteiger partial charge in [-0.1, -0.05) is 37.3 Å². The minimum Gasteiger partial charge on any atom is -0.438 e. The van der Waals surface area contributed by atoms with Gasteiger partial charge in [-0.25, -0.2) is 0 Å². The van der Waals surface area contributed by atoms with Crippen LogP contribution in [-0.2, 0) is 95.3 Å². The van der Waals surface area contributed by atoms with E-state index in [0.717, 1.165) is 47.1 Å². The standard InChI is InChI=1S/C60H94O30/c1-13-39(40-17-15-14-16-18-40)19-52(4,42(72)82-30-62)21-54(6,44(74)84-32-64)23-56(8,46(76)86-34-66)25-58(10,48(78)88-36-68)27-60(12,50(80)90-38-70)28-59(11,49(79)89-37-69)26-57(9,47(77)87-35-67)24-55(7,45(75)85-33-65)22-53(5,43(73)83-31-63)20-51(2,3)41(71)81-29-61/h14-18,39,61-70H,13,19-38H2,1-12H3. The lowest BCUT2D eigenvalue weighted by atomic mass is 9.56. The summed E-state index contributed by atoms with van der Waals surface area (Å²) in [5.41, 5.74) is -21.4. The number of benzene rings is 1. The Balaban J connectivity index is 4.62. The number of aliphatic hydroxyl groups excluding tert-OH is 10. The van der Waals surface area contributed by atoms with Crippen LogP contribution in [0.5, 0.6) is 0 Å². The van der Waals surface area contributed by atoms with Gasteiger partial charge < -0.3 is 98.4 Å². The second-order valence-electron chi connectivity index (χ2n) is 25.8. The molecule has 90 heavy (non-hydrogen) atoms. The average Bonchev–Trinajstić information content (AvgIpc) is 0.802. The van der Waals surface area contributed by atoms with Crippen LogP contribution in [0.2, 0.25) is 0 Å². The summed E-state index contributed by atoms with van der Waals surface area (Å²) in [6, 6.07) is 8.88. The molecule has 0 heterocycles. The van der Waals surface area contributed by atoms with E-state index in [1.54, 1.807) is 30.3 Å². The van der Waals surface area contributed by atoms with E-state index in [0.29, 0.717) is 6.42 Å². The molecule has 0 saturated heterocycles. The Kier molecular flexibility index (Phi) is 31.5. The van der Waals surface area contributed by atoms with Crippen molar-refractivity contribution >= 4 is 59.7 Å². The number of rotatable bonds is 42. The van der Waals surface area contributed by atoms with Crippen molar-refractivity contribution in [3.8, 4) is 0 Å². The summed E-state index contributed by atoms with van der Waals surface area (Å²) < 4.78 is 50.8. The lowest BCUT2D eigenvalue weighted by molar-refractivity contribution is -0.184. The van der Waals surface area contributed by atoms with E-state index in [1.165, 1.54) is 34.6 Å². The number of esters is 10. The van der Waals surface area contributed by atoms with Crippen LogP contribution in [0.15, 0.2) is 30.3 Å². The molecule has 0 spiro atoms. The van der Waals surface area contributed by atoms with Gasteiger partial charge in [-0.3, -0.25) is 47.9 Å². The predicted octanol–water partition coefficient (Wildman–Crippen LogP) is 2.09. The van der Waals surface area contributed by atoms with Crippen molar-refractivity contribution in [1.82, 2.24) is 0 Å². The first-order chi connectivity index (χ1) is 41.7. The maximum atomic E-state index is 14.8. The Morgan fingerprint density at radius 1 is 0.289 bits per heavy atom.